The van der Waals surface area contributed by atoms with Gasteiger partial charge in [-0.25, -0.2) is 4.39 Å². The zero-order valence-electron chi connectivity index (χ0n) is 13.6. The summed E-state index contributed by atoms with van der Waals surface area (Å²) in [5.41, 5.74) is 0.709. The van der Waals surface area contributed by atoms with Gasteiger partial charge in [0, 0.05) is 25.1 Å². The van der Waals surface area contributed by atoms with Gasteiger partial charge in [0.2, 0.25) is 0 Å². The van der Waals surface area contributed by atoms with Gasteiger partial charge in [-0.15, -0.1) is 0 Å². The molecule has 7 heteroatoms. The molecule has 1 heterocycles. The Morgan fingerprint density at radius 3 is 2.75 bits per heavy atom. The Kier molecular flexibility index (Phi) is 4.82. The van der Waals surface area contributed by atoms with Crippen LogP contribution < -0.4 is 10.6 Å². The van der Waals surface area contributed by atoms with Gasteiger partial charge in [0.05, 0.1) is 6.61 Å². The van der Waals surface area contributed by atoms with Crippen molar-refractivity contribution in [3.63, 3.8) is 0 Å². The van der Waals surface area contributed by atoms with Crippen molar-refractivity contribution in [1.29, 1.82) is 0 Å². The van der Waals surface area contributed by atoms with E-state index >= 15 is 0 Å². The predicted octanol–water partition coefficient (Wildman–Crippen LogP) is 1.87. The van der Waals surface area contributed by atoms with Gasteiger partial charge < -0.3 is 20.1 Å². The summed E-state index contributed by atoms with van der Waals surface area (Å²) in [4.78, 5) is 23.7. The highest BCUT2D eigenvalue weighted by Crippen LogP contribution is 2.38. The number of benzene rings is 1. The van der Waals surface area contributed by atoms with Crippen molar-refractivity contribution in [2.24, 2.45) is 0 Å². The van der Waals surface area contributed by atoms with Crippen LogP contribution in [0.3, 0.4) is 0 Å². The molecule has 1 spiro atoms. The molecule has 0 unspecified atom stereocenters. The van der Waals surface area contributed by atoms with Gasteiger partial charge in [-0.1, -0.05) is 6.07 Å². The van der Waals surface area contributed by atoms with Crippen molar-refractivity contribution >= 4 is 17.5 Å². The summed E-state index contributed by atoms with van der Waals surface area (Å²) >= 11 is 0. The molecule has 1 saturated heterocycles. The second kappa shape index (κ2) is 6.86. The van der Waals surface area contributed by atoms with Crippen molar-refractivity contribution in [3.8, 4) is 0 Å². The molecule has 2 aliphatic rings. The van der Waals surface area contributed by atoms with Gasteiger partial charge in [-0.05, 0) is 37.5 Å². The summed E-state index contributed by atoms with van der Waals surface area (Å²) in [5.74, 6) is -2.55. The number of amides is 2. The molecule has 1 atom stereocenters. The molecular formula is C17H21FN2O4. The Balaban J connectivity index is 1.46. The number of rotatable bonds is 3. The maximum absolute atomic E-state index is 13.4. The molecule has 2 fully saturated rings. The van der Waals surface area contributed by atoms with Gasteiger partial charge in [-0.3, -0.25) is 9.59 Å². The lowest BCUT2D eigenvalue weighted by atomic mass is 10.2. The standard InChI is InChI=1S/C17H21FN2O4/c1-11-4-5-12(8-14(11)18)20-16(22)15(21)19-9-13-10-23-17(24-13)6-2-3-7-17/h4-5,8,13H,2-3,6-7,9-10H2,1H3,(H,19,21)(H,20,22)/t13-/m1/s1. The van der Waals surface area contributed by atoms with Crippen LogP contribution in [0, 0.1) is 12.7 Å². The van der Waals surface area contributed by atoms with E-state index in [0.717, 1.165) is 25.7 Å². The molecule has 0 radical (unpaired) electrons. The first-order valence-electron chi connectivity index (χ1n) is 8.15. The minimum atomic E-state index is -0.840. The molecule has 2 amide bonds. The lowest BCUT2D eigenvalue weighted by Gasteiger charge is -2.21. The Morgan fingerprint density at radius 1 is 1.29 bits per heavy atom. The highest BCUT2D eigenvalue weighted by molar-refractivity contribution is 6.39. The van der Waals surface area contributed by atoms with Gasteiger partial charge in [-0.2, -0.15) is 0 Å². The minimum absolute atomic E-state index is 0.205. The first-order valence-corrected chi connectivity index (χ1v) is 8.15. The first-order chi connectivity index (χ1) is 11.5. The maximum atomic E-state index is 13.4. The van der Waals surface area contributed by atoms with Crippen molar-refractivity contribution < 1.29 is 23.5 Å². The minimum Gasteiger partial charge on any atom is -0.347 e. The lowest BCUT2D eigenvalue weighted by Crippen LogP contribution is -2.40. The van der Waals surface area contributed by atoms with E-state index in [1.807, 2.05) is 0 Å². The lowest BCUT2D eigenvalue weighted by molar-refractivity contribution is -0.161. The van der Waals surface area contributed by atoms with E-state index < -0.39 is 23.4 Å². The monoisotopic (exact) mass is 336 g/mol. The van der Waals surface area contributed by atoms with Gasteiger partial charge in [0.1, 0.15) is 11.9 Å². The smallest absolute Gasteiger partial charge is 0.313 e. The van der Waals surface area contributed by atoms with Crippen LogP contribution in [-0.4, -0.2) is 36.9 Å². The number of aryl methyl sites for hydroxylation is 1. The van der Waals surface area contributed by atoms with E-state index in [2.05, 4.69) is 10.6 Å². The van der Waals surface area contributed by atoms with Crippen LogP contribution in [0.15, 0.2) is 18.2 Å². The fraction of sp³-hybridized carbons (Fsp3) is 0.529. The number of hydrogen-bond acceptors (Lipinski definition) is 4. The van der Waals surface area contributed by atoms with Crippen LogP contribution in [0.25, 0.3) is 0 Å². The SMILES string of the molecule is Cc1ccc(NC(=O)C(=O)NC[C@@H]2COC3(CCCC3)O2)cc1F. The van der Waals surface area contributed by atoms with Crippen LogP contribution >= 0.6 is 0 Å². The highest BCUT2D eigenvalue weighted by Gasteiger charge is 2.43. The number of carbonyl (C=O) groups is 2. The molecule has 2 N–H and O–H groups in total. The van der Waals surface area contributed by atoms with Crippen molar-refractivity contribution in [3.05, 3.63) is 29.6 Å². The Morgan fingerprint density at radius 2 is 2.04 bits per heavy atom. The second-order valence-electron chi connectivity index (χ2n) is 6.30. The molecule has 1 aromatic carbocycles. The van der Waals surface area contributed by atoms with E-state index in [-0.39, 0.29) is 18.3 Å². The summed E-state index contributed by atoms with van der Waals surface area (Å²) in [6.07, 6.45) is 3.65. The Hall–Kier alpha value is -1.99. The summed E-state index contributed by atoms with van der Waals surface area (Å²) in [6, 6.07) is 4.26. The number of halogens is 1. The fourth-order valence-corrected chi connectivity index (χ4v) is 3.04. The summed E-state index contributed by atoms with van der Waals surface area (Å²) in [6.45, 7) is 2.23. The average molecular weight is 336 g/mol. The zero-order chi connectivity index (χ0) is 17.2. The normalized spacial score (nSPS) is 21.8. The molecular weight excluding hydrogens is 315 g/mol. The van der Waals surface area contributed by atoms with Crippen LogP contribution in [0.4, 0.5) is 10.1 Å². The molecule has 1 aliphatic heterocycles. The Bertz CT molecular complexity index is 643. The predicted molar refractivity (Wildman–Crippen MR) is 84.8 cm³/mol. The van der Waals surface area contributed by atoms with E-state index in [1.165, 1.54) is 12.1 Å². The third-order valence-corrected chi connectivity index (χ3v) is 4.41. The fourth-order valence-electron chi connectivity index (χ4n) is 3.04. The number of anilines is 1. The van der Waals surface area contributed by atoms with Crippen LogP contribution in [0.2, 0.25) is 0 Å². The molecule has 1 saturated carbocycles. The van der Waals surface area contributed by atoms with Crippen LogP contribution in [0.1, 0.15) is 31.2 Å². The van der Waals surface area contributed by atoms with Gasteiger partial charge >= 0.3 is 11.8 Å². The van der Waals surface area contributed by atoms with Crippen molar-refractivity contribution in [2.45, 2.75) is 44.5 Å². The van der Waals surface area contributed by atoms with Crippen molar-refractivity contribution in [2.75, 3.05) is 18.5 Å². The molecule has 0 bridgehead atoms. The van der Waals surface area contributed by atoms with Crippen LogP contribution in [-0.2, 0) is 19.1 Å². The quantitative estimate of drug-likeness (QED) is 0.826. The summed E-state index contributed by atoms with van der Waals surface area (Å²) in [7, 11) is 0. The molecule has 1 aromatic rings. The summed E-state index contributed by atoms with van der Waals surface area (Å²) < 4.78 is 25.0. The number of nitrogens with one attached hydrogen (secondary N) is 2. The highest BCUT2D eigenvalue weighted by atomic mass is 19.1. The third kappa shape index (κ3) is 3.73. The number of hydrogen-bond donors (Lipinski definition) is 2. The van der Waals surface area contributed by atoms with E-state index in [4.69, 9.17) is 9.47 Å². The first kappa shape index (κ1) is 16.9. The molecule has 6 nitrogen and oxygen atoms in total. The number of carbonyl (C=O) groups excluding carboxylic acids is 2. The Labute approximate surface area is 139 Å². The molecule has 24 heavy (non-hydrogen) atoms. The van der Waals surface area contributed by atoms with Crippen molar-refractivity contribution in [1.82, 2.24) is 5.32 Å². The molecule has 1 aliphatic carbocycles. The summed E-state index contributed by atoms with van der Waals surface area (Å²) in [5, 5.41) is 4.90. The van der Waals surface area contributed by atoms with Crippen LogP contribution in [0.5, 0.6) is 0 Å². The topological polar surface area (TPSA) is 76.7 Å². The van der Waals surface area contributed by atoms with E-state index in [1.54, 1.807) is 13.0 Å². The maximum Gasteiger partial charge on any atom is 0.313 e. The molecule has 130 valence electrons. The second-order valence-corrected chi connectivity index (χ2v) is 6.30. The molecule has 0 aromatic heterocycles. The van der Waals surface area contributed by atoms with Gasteiger partial charge in [0.25, 0.3) is 0 Å². The van der Waals surface area contributed by atoms with E-state index in [0.29, 0.717) is 12.2 Å². The largest absolute Gasteiger partial charge is 0.347 e. The molecule has 3 rings (SSSR count). The zero-order valence-corrected chi connectivity index (χ0v) is 13.6. The number of ether oxygens (including phenoxy) is 2. The van der Waals surface area contributed by atoms with Gasteiger partial charge in [0.15, 0.2) is 5.79 Å². The third-order valence-electron chi connectivity index (χ3n) is 4.41. The average Bonchev–Trinajstić information content (AvgIpc) is 3.19. The van der Waals surface area contributed by atoms with E-state index in [9.17, 15) is 14.0 Å².